The summed E-state index contributed by atoms with van der Waals surface area (Å²) in [7, 11) is 0. The van der Waals surface area contributed by atoms with Crippen molar-refractivity contribution in [2.75, 3.05) is 19.6 Å². The number of likely N-dealkylation sites (N-methyl/N-ethyl adjacent to an activating group) is 1. The molecule has 0 spiro atoms. The molecule has 0 fully saturated rings. The molecule has 2 aromatic carbocycles. The van der Waals surface area contributed by atoms with E-state index < -0.39 is 0 Å². The lowest BCUT2D eigenvalue weighted by atomic mass is 10.2. The van der Waals surface area contributed by atoms with Crippen molar-refractivity contribution in [3.63, 3.8) is 0 Å². The van der Waals surface area contributed by atoms with Crippen molar-refractivity contribution in [1.82, 2.24) is 10.2 Å². The summed E-state index contributed by atoms with van der Waals surface area (Å²) < 4.78 is 0. The van der Waals surface area contributed by atoms with Crippen molar-refractivity contribution in [2.45, 2.75) is 6.92 Å². The van der Waals surface area contributed by atoms with Crippen LogP contribution in [0.5, 0.6) is 0 Å². The smallest absolute Gasteiger partial charge is 0.253 e. The second-order valence-electron chi connectivity index (χ2n) is 5.15. The van der Waals surface area contributed by atoms with Gasteiger partial charge in [0.2, 0.25) is 0 Å². The molecule has 0 aliphatic rings. The minimum atomic E-state index is -0.193. The lowest BCUT2D eigenvalue weighted by molar-refractivity contribution is 0.0757. The van der Waals surface area contributed by atoms with Gasteiger partial charge in [-0.1, -0.05) is 23.2 Å². The summed E-state index contributed by atoms with van der Waals surface area (Å²) in [6.45, 7) is 3.25. The average molecular weight is 365 g/mol. The second kappa shape index (κ2) is 8.71. The monoisotopic (exact) mass is 364 g/mol. The van der Waals surface area contributed by atoms with E-state index in [0.717, 1.165) is 0 Å². The first-order chi connectivity index (χ1) is 11.5. The Labute approximate surface area is 151 Å². The molecular formula is C18H18Cl2N2O2. The summed E-state index contributed by atoms with van der Waals surface area (Å²) in [6.07, 6.45) is 0. The fourth-order valence-electron chi connectivity index (χ4n) is 2.19. The van der Waals surface area contributed by atoms with Gasteiger partial charge >= 0.3 is 0 Å². The van der Waals surface area contributed by atoms with Crippen LogP contribution in [0.3, 0.4) is 0 Å². The molecule has 0 aromatic heterocycles. The van der Waals surface area contributed by atoms with Crippen molar-refractivity contribution in [2.24, 2.45) is 0 Å². The Hall–Kier alpha value is -2.04. The van der Waals surface area contributed by atoms with Gasteiger partial charge in [-0.25, -0.2) is 0 Å². The van der Waals surface area contributed by atoms with Crippen molar-refractivity contribution < 1.29 is 9.59 Å². The predicted octanol–water partition coefficient (Wildman–Crippen LogP) is 3.89. The van der Waals surface area contributed by atoms with Crippen molar-refractivity contribution in [3.05, 3.63) is 69.7 Å². The SMILES string of the molecule is CCN(CCNC(=O)c1ccc(Cl)cc1)C(=O)c1ccc(Cl)cc1. The highest BCUT2D eigenvalue weighted by Gasteiger charge is 2.14. The van der Waals surface area contributed by atoms with E-state index in [-0.39, 0.29) is 11.8 Å². The van der Waals surface area contributed by atoms with Crippen LogP contribution in [-0.4, -0.2) is 36.3 Å². The summed E-state index contributed by atoms with van der Waals surface area (Å²) >= 11 is 11.6. The van der Waals surface area contributed by atoms with E-state index in [4.69, 9.17) is 23.2 Å². The molecule has 4 nitrogen and oxygen atoms in total. The number of halogens is 2. The topological polar surface area (TPSA) is 49.4 Å². The third-order valence-corrected chi connectivity index (χ3v) is 4.04. The van der Waals surface area contributed by atoms with Crippen LogP contribution in [0, 0.1) is 0 Å². The minimum absolute atomic E-state index is 0.0880. The number of nitrogens with zero attached hydrogens (tertiary/aromatic N) is 1. The highest BCUT2D eigenvalue weighted by atomic mass is 35.5. The molecule has 24 heavy (non-hydrogen) atoms. The van der Waals surface area contributed by atoms with Crippen LogP contribution in [0.4, 0.5) is 0 Å². The number of benzene rings is 2. The maximum absolute atomic E-state index is 12.4. The van der Waals surface area contributed by atoms with Gasteiger partial charge in [-0.15, -0.1) is 0 Å². The fourth-order valence-corrected chi connectivity index (χ4v) is 2.44. The van der Waals surface area contributed by atoms with Gasteiger partial charge < -0.3 is 10.2 Å². The van der Waals surface area contributed by atoms with Gasteiger partial charge in [0.25, 0.3) is 11.8 Å². The van der Waals surface area contributed by atoms with Gasteiger partial charge in [0.15, 0.2) is 0 Å². The van der Waals surface area contributed by atoms with E-state index in [1.165, 1.54) is 0 Å². The first-order valence-electron chi connectivity index (χ1n) is 7.60. The molecule has 0 aliphatic heterocycles. The Morgan fingerprint density at radius 3 is 1.92 bits per heavy atom. The van der Waals surface area contributed by atoms with Crippen LogP contribution in [-0.2, 0) is 0 Å². The van der Waals surface area contributed by atoms with Crippen LogP contribution in [0.1, 0.15) is 27.6 Å². The van der Waals surface area contributed by atoms with E-state index in [1.54, 1.807) is 53.4 Å². The van der Waals surface area contributed by atoms with Gasteiger partial charge in [-0.2, -0.15) is 0 Å². The summed E-state index contributed by atoms with van der Waals surface area (Å²) in [5, 5.41) is 3.97. The lowest BCUT2D eigenvalue weighted by Gasteiger charge is -2.21. The standard InChI is InChI=1S/C18H18Cl2N2O2/c1-2-22(18(24)14-5-9-16(20)10-6-14)12-11-21-17(23)13-3-7-15(19)8-4-13/h3-10H,2,11-12H2,1H3,(H,21,23). The number of carbonyl (C=O) groups excluding carboxylic acids is 2. The van der Waals surface area contributed by atoms with Gasteiger partial charge in [-0.05, 0) is 55.5 Å². The number of amides is 2. The molecule has 126 valence electrons. The van der Waals surface area contributed by atoms with E-state index in [1.807, 2.05) is 6.92 Å². The minimum Gasteiger partial charge on any atom is -0.350 e. The van der Waals surface area contributed by atoms with E-state index in [9.17, 15) is 9.59 Å². The molecular weight excluding hydrogens is 347 g/mol. The first kappa shape index (κ1) is 18.3. The third-order valence-electron chi connectivity index (χ3n) is 3.53. The van der Waals surface area contributed by atoms with Crippen LogP contribution in [0.25, 0.3) is 0 Å². The molecule has 0 aliphatic carbocycles. The summed E-state index contributed by atoms with van der Waals surface area (Å²) in [6, 6.07) is 13.4. The van der Waals surface area contributed by atoms with Crippen molar-refractivity contribution in [3.8, 4) is 0 Å². The zero-order valence-electron chi connectivity index (χ0n) is 13.3. The Morgan fingerprint density at radius 2 is 1.42 bits per heavy atom. The first-order valence-corrected chi connectivity index (χ1v) is 8.35. The third kappa shape index (κ3) is 4.98. The maximum atomic E-state index is 12.4. The average Bonchev–Trinajstić information content (AvgIpc) is 2.59. The summed E-state index contributed by atoms with van der Waals surface area (Å²) in [4.78, 5) is 26.1. The molecule has 0 bridgehead atoms. The molecule has 2 amide bonds. The number of hydrogen-bond acceptors (Lipinski definition) is 2. The maximum Gasteiger partial charge on any atom is 0.253 e. The Bertz CT molecular complexity index is 700. The molecule has 0 radical (unpaired) electrons. The molecule has 0 heterocycles. The summed E-state index contributed by atoms with van der Waals surface area (Å²) in [5.41, 5.74) is 1.11. The van der Waals surface area contributed by atoms with Gasteiger partial charge in [0.1, 0.15) is 0 Å². The normalized spacial score (nSPS) is 10.3. The summed E-state index contributed by atoms with van der Waals surface area (Å²) in [5.74, 6) is -0.281. The molecule has 0 unspecified atom stereocenters. The molecule has 6 heteroatoms. The van der Waals surface area contributed by atoms with Gasteiger partial charge in [0.05, 0.1) is 0 Å². The molecule has 1 N–H and O–H groups in total. The van der Waals surface area contributed by atoms with E-state index >= 15 is 0 Å². The quantitative estimate of drug-likeness (QED) is 0.845. The largest absolute Gasteiger partial charge is 0.350 e. The highest BCUT2D eigenvalue weighted by molar-refractivity contribution is 6.31. The Kier molecular flexibility index (Phi) is 6.64. The number of rotatable bonds is 6. The predicted molar refractivity (Wildman–Crippen MR) is 96.8 cm³/mol. The van der Waals surface area contributed by atoms with Gasteiger partial charge in [0, 0.05) is 40.8 Å². The molecule has 0 atom stereocenters. The highest BCUT2D eigenvalue weighted by Crippen LogP contribution is 2.12. The van der Waals surface area contributed by atoms with Gasteiger partial charge in [-0.3, -0.25) is 9.59 Å². The molecule has 2 aromatic rings. The molecule has 0 saturated carbocycles. The fraction of sp³-hybridized carbons (Fsp3) is 0.222. The van der Waals surface area contributed by atoms with Crippen LogP contribution < -0.4 is 5.32 Å². The second-order valence-corrected chi connectivity index (χ2v) is 6.03. The van der Waals surface area contributed by atoms with Crippen molar-refractivity contribution in [1.29, 1.82) is 0 Å². The van der Waals surface area contributed by atoms with E-state index in [0.29, 0.717) is 40.8 Å². The zero-order valence-corrected chi connectivity index (χ0v) is 14.8. The van der Waals surface area contributed by atoms with Crippen LogP contribution >= 0.6 is 23.2 Å². The number of nitrogens with one attached hydrogen (secondary N) is 1. The number of hydrogen-bond donors (Lipinski definition) is 1. The Balaban J connectivity index is 1.89. The number of carbonyl (C=O) groups is 2. The van der Waals surface area contributed by atoms with Crippen molar-refractivity contribution >= 4 is 35.0 Å². The molecule has 2 rings (SSSR count). The van der Waals surface area contributed by atoms with Crippen LogP contribution in [0.2, 0.25) is 10.0 Å². The zero-order chi connectivity index (χ0) is 17.5. The van der Waals surface area contributed by atoms with Crippen LogP contribution in [0.15, 0.2) is 48.5 Å². The molecule has 0 saturated heterocycles. The van der Waals surface area contributed by atoms with E-state index in [2.05, 4.69) is 5.32 Å². The lowest BCUT2D eigenvalue weighted by Crippen LogP contribution is -2.38. The Morgan fingerprint density at radius 1 is 0.917 bits per heavy atom.